The first-order valence-corrected chi connectivity index (χ1v) is 6.72. The molecule has 1 N–H and O–H groups in total. The van der Waals surface area contributed by atoms with Gasteiger partial charge in [-0.1, -0.05) is 26.7 Å². The van der Waals surface area contributed by atoms with Crippen molar-refractivity contribution in [2.75, 3.05) is 6.54 Å². The minimum atomic E-state index is 0.433. The van der Waals surface area contributed by atoms with E-state index < -0.39 is 0 Å². The molecule has 1 unspecified atom stereocenters. The number of hydrogen-bond acceptors (Lipinski definition) is 3. The molecule has 0 bridgehead atoms. The van der Waals surface area contributed by atoms with Crippen molar-refractivity contribution in [2.24, 2.45) is 12.5 Å². The Balaban J connectivity index is 2.09. The fraction of sp³-hybridized carbons (Fsp3) is 0.846. The van der Waals surface area contributed by atoms with Crippen LogP contribution in [0.2, 0.25) is 0 Å². The fourth-order valence-corrected chi connectivity index (χ4v) is 3.03. The average Bonchev–Trinajstić information content (AvgIpc) is 2.89. The van der Waals surface area contributed by atoms with E-state index in [4.69, 9.17) is 0 Å². The third-order valence-electron chi connectivity index (χ3n) is 4.23. The SMILES string of the molecule is CCNC(Cc1ncnn1C)C1(C)CCCC1. The Morgan fingerprint density at radius 1 is 1.47 bits per heavy atom. The summed E-state index contributed by atoms with van der Waals surface area (Å²) in [5.41, 5.74) is 0.433. The van der Waals surface area contributed by atoms with Crippen molar-refractivity contribution in [3.05, 3.63) is 12.2 Å². The second-order valence-electron chi connectivity index (χ2n) is 5.48. The van der Waals surface area contributed by atoms with E-state index in [1.54, 1.807) is 6.33 Å². The van der Waals surface area contributed by atoms with Crippen LogP contribution in [0.5, 0.6) is 0 Å². The van der Waals surface area contributed by atoms with Crippen LogP contribution in [0.4, 0.5) is 0 Å². The fourth-order valence-electron chi connectivity index (χ4n) is 3.03. The van der Waals surface area contributed by atoms with E-state index in [-0.39, 0.29) is 0 Å². The van der Waals surface area contributed by atoms with E-state index in [2.05, 4.69) is 29.2 Å². The molecular formula is C13H24N4. The van der Waals surface area contributed by atoms with Crippen LogP contribution < -0.4 is 5.32 Å². The molecule has 1 atom stereocenters. The maximum atomic E-state index is 4.35. The second-order valence-corrected chi connectivity index (χ2v) is 5.48. The molecule has 1 aliphatic carbocycles. The molecule has 0 amide bonds. The van der Waals surface area contributed by atoms with Gasteiger partial charge in [-0.2, -0.15) is 5.10 Å². The van der Waals surface area contributed by atoms with Gasteiger partial charge in [0.25, 0.3) is 0 Å². The Labute approximate surface area is 104 Å². The molecule has 4 heteroatoms. The lowest BCUT2D eigenvalue weighted by Gasteiger charge is -2.34. The van der Waals surface area contributed by atoms with Crippen molar-refractivity contribution in [1.29, 1.82) is 0 Å². The van der Waals surface area contributed by atoms with Gasteiger partial charge < -0.3 is 5.32 Å². The number of nitrogens with zero attached hydrogens (tertiary/aromatic N) is 3. The predicted molar refractivity (Wildman–Crippen MR) is 68.7 cm³/mol. The molecule has 0 radical (unpaired) electrons. The lowest BCUT2D eigenvalue weighted by molar-refractivity contribution is 0.218. The molecule has 1 aliphatic rings. The van der Waals surface area contributed by atoms with Crippen LogP contribution in [0.1, 0.15) is 45.4 Å². The van der Waals surface area contributed by atoms with Crippen molar-refractivity contribution in [2.45, 2.75) is 52.0 Å². The average molecular weight is 236 g/mol. The quantitative estimate of drug-likeness (QED) is 0.849. The molecule has 96 valence electrons. The van der Waals surface area contributed by atoms with E-state index in [1.807, 2.05) is 11.7 Å². The summed E-state index contributed by atoms with van der Waals surface area (Å²) in [6.07, 6.45) is 8.05. The van der Waals surface area contributed by atoms with Gasteiger partial charge in [0.05, 0.1) is 0 Å². The highest BCUT2D eigenvalue weighted by atomic mass is 15.3. The third kappa shape index (κ3) is 2.68. The molecule has 1 fully saturated rings. The summed E-state index contributed by atoms with van der Waals surface area (Å²) in [4.78, 5) is 4.35. The summed E-state index contributed by atoms with van der Waals surface area (Å²) < 4.78 is 1.89. The molecule has 0 spiro atoms. The number of nitrogens with one attached hydrogen (secondary N) is 1. The minimum Gasteiger partial charge on any atom is -0.313 e. The highest BCUT2D eigenvalue weighted by molar-refractivity contribution is 4.98. The summed E-state index contributed by atoms with van der Waals surface area (Å²) in [6, 6.07) is 0.526. The van der Waals surface area contributed by atoms with Gasteiger partial charge in [-0.15, -0.1) is 0 Å². The van der Waals surface area contributed by atoms with Crippen molar-refractivity contribution in [3.63, 3.8) is 0 Å². The predicted octanol–water partition coefficient (Wildman–Crippen LogP) is 1.92. The van der Waals surface area contributed by atoms with E-state index in [0.717, 1.165) is 18.8 Å². The van der Waals surface area contributed by atoms with Crippen LogP contribution >= 0.6 is 0 Å². The Morgan fingerprint density at radius 3 is 2.71 bits per heavy atom. The molecule has 0 saturated heterocycles. The Morgan fingerprint density at radius 2 is 2.18 bits per heavy atom. The van der Waals surface area contributed by atoms with Crippen molar-refractivity contribution in [1.82, 2.24) is 20.1 Å². The van der Waals surface area contributed by atoms with Crippen LogP contribution in [0.3, 0.4) is 0 Å². The second kappa shape index (κ2) is 5.17. The van der Waals surface area contributed by atoms with Crippen LogP contribution in [-0.4, -0.2) is 27.4 Å². The summed E-state index contributed by atoms with van der Waals surface area (Å²) in [7, 11) is 1.97. The number of rotatable bonds is 5. The van der Waals surface area contributed by atoms with Crippen molar-refractivity contribution in [3.8, 4) is 0 Å². The zero-order valence-corrected chi connectivity index (χ0v) is 11.2. The molecule has 1 aromatic rings. The maximum Gasteiger partial charge on any atom is 0.138 e. The number of hydrogen-bond donors (Lipinski definition) is 1. The highest BCUT2D eigenvalue weighted by Crippen LogP contribution is 2.41. The standard InChI is InChI=1S/C13H24N4/c1-4-14-11(13(2)7-5-6-8-13)9-12-15-10-16-17(12)3/h10-11,14H,4-9H2,1-3H3. The van der Waals surface area contributed by atoms with E-state index >= 15 is 0 Å². The molecular weight excluding hydrogens is 212 g/mol. The van der Waals surface area contributed by atoms with Crippen LogP contribution in [0, 0.1) is 5.41 Å². The first-order chi connectivity index (χ1) is 8.15. The molecule has 1 heterocycles. The third-order valence-corrected chi connectivity index (χ3v) is 4.23. The summed E-state index contributed by atoms with van der Waals surface area (Å²) in [6.45, 7) is 5.63. The van der Waals surface area contributed by atoms with E-state index in [0.29, 0.717) is 11.5 Å². The molecule has 0 aliphatic heterocycles. The maximum absolute atomic E-state index is 4.35. The number of likely N-dealkylation sites (N-methyl/N-ethyl adjacent to an activating group) is 1. The summed E-state index contributed by atoms with van der Waals surface area (Å²) in [5.74, 6) is 1.09. The number of aromatic nitrogens is 3. The molecule has 1 saturated carbocycles. The zero-order chi connectivity index (χ0) is 12.3. The van der Waals surface area contributed by atoms with Crippen LogP contribution in [0.15, 0.2) is 6.33 Å². The molecule has 1 aromatic heterocycles. The van der Waals surface area contributed by atoms with Gasteiger partial charge >= 0.3 is 0 Å². The Hall–Kier alpha value is -0.900. The first kappa shape index (κ1) is 12.6. The normalized spacial score (nSPS) is 20.6. The monoisotopic (exact) mass is 236 g/mol. The zero-order valence-electron chi connectivity index (χ0n) is 11.2. The Kier molecular flexibility index (Phi) is 3.82. The molecule has 2 rings (SSSR count). The Bertz CT molecular complexity index is 352. The molecule has 0 aromatic carbocycles. The van der Waals surface area contributed by atoms with Gasteiger partial charge in [-0.25, -0.2) is 4.98 Å². The topological polar surface area (TPSA) is 42.7 Å². The van der Waals surface area contributed by atoms with Gasteiger partial charge in [0, 0.05) is 19.5 Å². The van der Waals surface area contributed by atoms with Crippen LogP contribution in [-0.2, 0) is 13.5 Å². The first-order valence-electron chi connectivity index (χ1n) is 6.72. The summed E-state index contributed by atoms with van der Waals surface area (Å²) in [5, 5.41) is 7.81. The van der Waals surface area contributed by atoms with Crippen molar-refractivity contribution < 1.29 is 0 Å². The van der Waals surface area contributed by atoms with Gasteiger partial charge in [0.1, 0.15) is 12.2 Å². The lowest BCUT2D eigenvalue weighted by atomic mass is 9.79. The van der Waals surface area contributed by atoms with E-state index in [9.17, 15) is 0 Å². The summed E-state index contributed by atoms with van der Waals surface area (Å²) >= 11 is 0. The lowest BCUT2D eigenvalue weighted by Crippen LogP contribution is -2.44. The highest BCUT2D eigenvalue weighted by Gasteiger charge is 2.37. The van der Waals surface area contributed by atoms with Gasteiger partial charge in [0.15, 0.2) is 0 Å². The van der Waals surface area contributed by atoms with Gasteiger partial charge in [0.2, 0.25) is 0 Å². The van der Waals surface area contributed by atoms with E-state index in [1.165, 1.54) is 25.7 Å². The minimum absolute atomic E-state index is 0.433. The van der Waals surface area contributed by atoms with Crippen LogP contribution in [0.25, 0.3) is 0 Å². The van der Waals surface area contributed by atoms with Crippen molar-refractivity contribution >= 4 is 0 Å². The smallest absolute Gasteiger partial charge is 0.138 e. The molecule has 4 nitrogen and oxygen atoms in total. The number of aryl methyl sites for hydroxylation is 1. The van der Waals surface area contributed by atoms with Gasteiger partial charge in [-0.05, 0) is 24.8 Å². The molecule has 17 heavy (non-hydrogen) atoms. The van der Waals surface area contributed by atoms with Gasteiger partial charge in [-0.3, -0.25) is 4.68 Å². The largest absolute Gasteiger partial charge is 0.313 e.